The number of thiocarbonyl (C=S) groups is 1. The molecule has 0 bridgehead atoms. The van der Waals surface area contributed by atoms with Gasteiger partial charge in [0.2, 0.25) is 0 Å². The molecule has 42 valence electrons. The summed E-state index contributed by atoms with van der Waals surface area (Å²) < 4.78 is 0.498. The van der Waals surface area contributed by atoms with Gasteiger partial charge in [-0.05, 0) is 12.4 Å². The zero-order chi connectivity index (χ0) is 5.70. The zero-order valence-corrected chi connectivity index (χ0v) is 7.12. The van der Waals surface area contributed by atoms with Crippen molar-refractivity contribution in [3.8, 4) is 0 Å². The second-order valence-electron chi connectivity index (χ2n) is 1.21. The van der Waals surface area contributed by atoms with Crippen LogP contribution in [0.3, 0.4) is 0 Å². The van der Waals surface area contributed by atoms with E-state index in [9.17, 15) is 0 Å². The SMILES string of the molecule is CNCC(I)C=S. The Bertz CT molecular complexity index is 57.7. The Kier molecular flexibility index (Phi) is 5.48. The maximum absolute atomic E-state index is 4.67. The molecule has 1 N–H and O–H groups in total. The van der Waals surface area contributed by atoms with Crippen molar-refractivity contribution in [2.75, 3.05) is 13.6 Å². The van der Waals surface area contributed by atoms with Crippen molar-refractivity contribution in [1.82, 2.24) is 5.32 Å². The number of hydrogen-bond donors (Lipinski definition) is 1. The van der Waals surface area contributed by atoms with Crippen molar-refractivity contribution < 1.29 is 0 Å². The predicted molar refractivity (Wildman–Crippen MR) is 45.4 cm³/mol. The average molecular weight is 229 g/mol. The summed E-state index contributed by atoms with van der Waals surface area (Å²) in [7, 11) is 1.92. The predicted octanol–water partition coefficient (Wildman–Crippen LogP) is 1.01. The van der Waals surface area contributed by atoms with Crippen molar-refractivity contribution in [3.05, 3.63) is 0 Å². The molecule has 3 heteroatoms. The van der Waals surface area contributed by atoms with E-state index in [0.29, 0.717) is 3.92 Å². The molecule has 0 radical (unpaired) electrons. The third kappa shape index (κ3) is 4.64. The third-order valence-electron chi connectivity index (χ3n) is 0.547. The van der Waals surface area contributed by atoms with Crippen LogP contribution in [-0.2, 0) is 0 Å². The highest BCUT2D eigenvalue weighted by Crippen LogP contribution is 1.92. The molecule has 0 aliphatic rings. The van der Waals surface area contributed by atoms with E-state index in [2.05, 4.69) is 40.1 Å². The molecule has 0 heterocycles. The molecule has 0 saturated carbocycles. The number of rotatable bonds is 3. The summed E-state index contributed by atoms with van der Waals surface area (Å²) in [6.07, 6.45) is 0. The minimum absolute atomic E-state index is 0.498. The second-order valence-corrected chi connectivity index (χ2v) is 3.08. The average Bonchev–Trinajstić information content (AvgIpc) is 1.68. The largest absolute Gasteiger partial charge is 0.318 e. The minimum Gasteiger partial charge on any atom is -0.318 e. The van der Waals surface area contributed by atoms with E-state index < -0.39 is 0 Å². The standard InChI is InChI=1S/C4H8INS/c1-6-2-4(5)3-7/h3-4,6H,2H2,1H3. The van der Waals surface area contributed by atoms with E-state index in [4.69, 9.17) is 0 Å². The van der Waals surface area contributed by atoms with E-state index in [1.807, 2.05) is 7.05 Å². The number of halogens is 1. The van der Waals surface area contributed by atoms with Crippen LogP contribution in [-0.4, -0.2) is 22.9 Å². The topological polar surface area (TPSA) is 12.0 Å². The van der Waals surface area contributed by atoms with Gasteiger partial charge < -0.3 is 5.32 Å². The molecule has 0 amide bonds. The first-order valence-corrected chi connectivity index (χ1v) is 3.77. The molecule has 0 spiro atoms. The molecule has 1 unspecified atom stereocenters. The van der Waals surface area contributed by atoms with Gasteiger partial charge in [-0.2, -0.15) is 0 Å². The molecular formula is C4H8INS. The zero-order valence-electron chi connectivity index (χ0n) is 4.15. The van der Waals surface area contributed by atoms with Gasteiger partial charge in [-0.3, -0.25) is 0 Å². The molecule has 0 rings (SSSR count). The Morgan fingerprint density at radius 3 is 2.71 bits per heavy atom. The summed E-state index contributed by atoms with van der Waals surface area (Å²) in [6, 6.07) is 0. The van der Waals surface area contributed by atoms with Gasteiger partial charge in [-0.25, -0.2) is 0 Å². The molecule has 0 aliphatic carbocycles. The van der Waals surface area contributed by atoms with Gasteiger partial charge in [0, 0.05) is 6.54 Å². The van der Waals surface area contributed by atoms with Crippen molar-refractivity contribution >= 4 is 40.2 Å². The Labute approximate surface area is 63.0 Å². The van der Waals surface area contributed by atoms with E-state index in [1.54, 1.807) is 5.37 Å². The lowest BCUT2D eigenvalue weighted by Crippen LogP contribution is -2.18. The second kappa shape index (κ2) is 4.93. The monoisotopic (exact) mass is 229 g/mol. The van der Waals surface area contributed by atoms with Crippen molar-refractivity contribution in [2.24, 2.45) is 0 Å². The van der Waals surface area contributed by atoms with E-state index in [0.717, 1.165) is 6.54 Å². The highest BCUT2D eigenvalue weighted by atomic mass is 127. The van der Waals surface area contributed by atoms with Crippen LogP contribution in [0.5, 0.6) is 0 Å². The highest BCUT2D eigenvalue weighted by Gasteiger charge is 1.92. The molecule has 0 saturated heterocycles. The van der Waals surface area contributed by atoms with Crippen molar-refractivity contribution in [1.29, 1.82) is 0 Å². The first-order chi connectivity index (χ1) is 3.31. The van der Waals surface area contributed by atoms with Gasteiger partial charge >= 0.3 is 0 Å². The molecular weight excluding hydrogens is 221 g/mol. The maximum Gasteiger partial charge on any atom is 0.0517 e. The first kappa shape index (κ1) is 7.78. The lowest BCUT2D eigenvalue weighted by molar-refractivity contribution is 0.853. The highest BCUT2D eigenvalue weighted by molar-refractivity contribution is 14.1. The van der Waals surface area contributed by atoms with Crippen LogP contribution in [0.15, 0.2) is 0 Å². The fourth-order valence-electron chi connectivity index (χ4n) is 0.243. The van der Waals surface area contributed by atoms with Crippen LogP contribution in [0, 0.1) is 0 Å². The Morgan fingerprint density at radius 2 is 2.57 bits per heavy atom. The van der Waals surface area contributed by atoms with Crippen LogP contribution in [0.4, 0.5) is 0 Å². The molecule has 0 aromatic rings. The Hall–Kier alpha value is 0.780. The normalized spacial score (nSPS) is 13.4. The minimum atomic E-state index is 0.498. The molecule has 0 aromatic carbocycles. The summed E-state index contributed by atoms with van der Waals surface area (Å²) in [6.45, 7) is 0.976. The smallest absolute Gasteiger partial charge is 0.0517 e. The summed E-state index contributed by atoms with van der Waals surface area (Å²) in [5.74, 6) is 0. The molecule has 1 atom stereocenters. The third-order valence-corrected chi connectivity index (χ3v) is 2.16. The van der Waals surface area contributed by atoms with Gasteiger partial charge in [-0.15, -0.1) is 0 Å². The summed E-state index contributed by atoms with van der Waals surface area (Å²) in [4.78, 5) is 0. The Balaban J connectivity index is 2.98. The van der Waals surface area contributed by atoms with Crippen LogP contribution in [0.2, 0.25) is 0 Å². The number of nitrogens with one attached hydrogen (secondary N) is 1. The summed E-state index contributed by atoms with van der Waals surface area (Å²) >= 11 is 6.95. The van der Waals surface area contributed by atoms with Gasteiger partial charge in [0.15, 0.2) is 0 Å². The quantitative estimate of drug-likeness (QED) is 0.440. The summed E-state index contributed by atoms with van der Waals surface area (Å²) in [5.41, 5.74) is 0. The maximum atomic E-state index is 4.67. The van der Waals surface area contributed by atoms with E-state index in [-0.39, 0.29) is 0 Å². The molecule has 1 nitrogen and oxygen atoms in total. The fraction of sp³-hybridized carbons (Fsp3) is 0.750. The van der Waals surface area contributed by atoms with Gasteiger partial charge in [0.1, 0.15) is 0 Å². The summed E-state index contributed by atoms with van der Waals surface area (Å²) in [5, 5.41) is 4.77. The molecule has 0 aromatic heterocycles. The first-order valence-electron chi connectivity index (χ1n) is 2.05. The van der Waals surface area contributed by atoms with Gasteiger partial charge in [-0.1, -0.05) is 34.8 Å². The van der Waals surface area contributed by atoms with E-state index in [1.165, 1.54) is 0 Å². The van der Waals surface area contributed by atoms with Crippen LogP contribution < -0.4 is 5.32 Å². The number of alkyl halides is 1. The van der Waals surface area contributed by atoms with Gasteiger partial charge in [0.25, 0.3) is 0 Å². The van der Waals surface area contributed by atoms with Crippen molar-refractivity contribution in [3.63, 3.8) is 0 Å². The van der Waals surface area contributed by atoms with Crippen LogP contribution >= 0.6 is 34.8 Å². The van der Waals surface area contributed by atoms with Gasteiger partial charge in [0.05, 0.1) is 3.92 Å². The van der Waals surface area contributed by atoms with Crippen LogP contribution in [0.25, 0.3) is 0 Å². The number of hydrogen-bond acceptors (Lipinski definition) is 2. The Morgan fingerprint density at radius 1 is 2.00 bits per heavy atom. The lowest BCUT2D eigenvalue weighted by atomic mass is 10.5. The molecule has 7 heavy (non-hydrogen) atoms. The van der Waals surface area contributed by atoms with E-state index >= 15 is 0 Å². The molecule has 0 fully saturated rings. The fourth-order valence-corrected chi connectivity index (χ4v) is 0.780. The van der Waals surface area contributed by atoms with Crippen molar-refractivity contribution in [2.45, 2.75) is 3.92 Å². The molecule has 0 aliphatic heterocycles. The lowest BCUT2D eigenvalue weighted by Gasteiger charge is -1.97. The van der Waals surface area contributed by atoms with Crippen LogP contribution in [0.1, 0.15) is 0 Å².